The number of nitrogens with one attached hydrogen (secondary N) is 1. The van der Waals surface area contributed by atoms with E-state index in [-0.39, 0.29) is 12.3 Å². The van der Waals surface area contributed by atoms with Crippen LogP contribution in [-0.4, -0.2) is 38.2 Å². The van der Waals surface area contributed by atoms with E-state index in [1.54, 1.807) is 11.8 Å². The van der Waals surface area contributed by atoms with E-state index in [9.17, 15) is 4.79 Å². The van der Waals surface area contributed by atoms with Crippen LogP contribution < -0.4 is 10.1 Å². The molecule has 0 bridgehead atoms. The minimum atomic E-state index is -0.0779. The zero-order valence-corrected chi connectivity index (χ0v) is 19.3. The second kappa shape index (κ2) is 10.4. The SMILES string of the molecule is COc1ccc(Cn2nnnc2SCc2csc(CC(=O)Nc3ccc(C)cc3)n2)cc1. The number of ether oxygens (including phenoxy) is 1. The first-order chi connectivity index (χ1) is 15.6. The van der Waals surface area contributed by atoms with Gasteiger partial charge in [0.2, 0.25) is 11.1 Å². The van der Waals surface area contributed by atoms with Crippen LogP contribution in [0.15, 0.2) is 59.1 Å². The Morgan fingerprint density at radius 2 is 1.94 bits per heavy atom. The number of tetrazole rings is 1. The monoisotopic (exact) mass is 466 g/mol. The van der Waals surface area contributed by atoms with Crippen LogP contribution in [0.5, 0.6) is 5.75 Å². The Morgan fingerprint density at radius 3 is 2.69 bits per heavy atom. The second-order valence-electron chi connectivity index (χ2n) is 7.08. The van der Waals surface area contributed by atoms with Crippen molar-refractivity contribution in [2.24, 2.45) is 0 Å². The van der Waals surface area contributed by atoms with E-state index in [0.29, 0.717) is 17.5 Å². The molecule has 0 aliphatic rings. The van der Waals surface area contributed by atoms with Crippen molar-refractivity contribution in [2.75, 3.05) is 12.4 Å². The summed E-state index contributed by atoms with van der Waals surface area (Å²) >= 11 is 3.00. The van der Waals surface area contributed by atoms with E-state index < -0.39 is 0 Å². The number of carbonyl (C=O) groups is 1. The van der Waals surface area contributed by atoms with Gasteiger partial charge < -0.3 is 10.1 Å². The fourth-order valence-corrected chi connectivity index (χ4v) is 4.58. The van der Waals surface area contributed by atoms with E-state index in [4.69, 9.17) is 4.74 Å². The molecule has 4 aromatic rings. The molecule has 8 nitrogen and oxygen atoms in total. The quantitative estimate of drug-likeness (QED) is 0.373. The molecule has 1 N–H and O–H groups in total. The molecule has 32 heavy (non-hydrogen) atoms. The van der Waals surface area contributed by atoms with Gasteiger partial charge in [-0.1, -0.05) is 41.6 Å². The summed E-state index contributed by atoms with van der Waals surface area (Å²) in [5.41, 5.74) is 3.92. The zero-order valence-electron chi connectivity index (χ0n) is 17.7. The summed E-state index contributed by atoms with van der Waals surface area (Å²) in [6.07, 6.45) is 0.248. The lowest BCUT2D eigenvalue weighted by atomic mass is 10.2. The van der Waals surface area contributed by atoms with Crippen LogP contribution in [0.2, 0.25) is 0 Å². The molecule has 0 atom stereocenters. The molecule has 2 aromatic heterocycles. The number of nitrogens with zero attached hydrogens (tertiary/aromatic N) is 5. The summed E-state index contributed by atoms with van der Waals surface area (Å²) in [6.45, 7) is 2.58. The molecule has 4 rings (SSSR count). The highest BCUT2D eigenvalue weighted by molar-refractivity contribution is 7.98. The van der Waals surface area contributed by atoms with Crippen molar-refractivity contribution in [3.8, 4) is 5.75 Å². The maximum Gasteiger partial charge on any atom is 0.231 e. The van der Waals surface area contributed by atoms with Gasteiger partial charge in [-0.2, -0.15) is 0 Å². The summed E-state index contributed by atoms with van der Waals surface area (Å²) in [4.78, 5) is 16.9. The third kappa shape index (κ3) is 5.92. The smallest absolute Gasteiger partial charge is 0.231 e. The van der Waals surface area contributed by atoms with Crippen LogP contribution in [-0.2, 0) is 23.5 Å². The maximum absolute atomic E-state index is 12.3. The number of benzene rings is 2. The van der Waals surface area contributed by atoms with E-state index >= 15 is 0 Å². The molecule has 0 spiro atoms. The number of hydrogen-bond donors (Lipinski definition) is 1. The number of aromatic nitrogens is 5. The largest absolute Gasteiger partial charge is 0.497 e. The first-order valence-corrected chi connectivity index (χ1v) is 11.8. The average Bonchev–Trinajstić information content (AvgIpc) is 3.43. The van der Waals surface area contributed by atoms with Crippen molar-refractivity contribution in [3.63, 3.8) is 0 Å². The van der Waals surface area contributed by atoms with Crippen molar-refractivity contribution in [1.29, 1.82) is 0 Å². The van der Waals surface area contributed by atoms with Gasteiger partial charge in [-0.25, -0.2) is 9.67 Å². The van der Waals surface area contributed by atoms with Crippen LogP contribution in [0.1, 0.15) is 21.8 Å². The third-order valence-electron chi connectivity index (χ3n) is 4.59. The minimum Gasteiger partial charge on any atom is -0.497 e. The van der Waals surface area contributed by atoms with Crippen LogP contribution in [0, 0.1) is 6.92 Å². The lowest BCUT2D eigenvalue weighted by molar-refractivity contribution is -0.115. The molecule has 0 aliphatic heterocycles. The lowest BCUT2D eigenvalue weighted by Crippen LogP contribution is -2.14. The standard InChI is InChI=1S/C22H22N6O2S2/c1-15-3-7-17(8-4-15)23-20(29)11-21-24-18(13-31-21)14-32-22-25-26-27-28(22)12-16-5-9-19(30-2)10-6-16/h3-10,13H,11-12,14H2,1-2H3,(H,23,29). The van der Waals surface area contributed by atoms with E-state index in [1.165, 1.54) is 23.1 Å². The third-order valence-corrected chi connectivity index (χ3v) is 6.47. The summed E-state index contributed by atoms with van der Waals surface area (Å²) in [5.74, 6) is 1.36. The molecule has 2 heterocycles. The number of amides is 1. The number of thiazole rings is 1. The van der Waals surface area contributed by atoms with Gasteiger partial charge in [-0.15, -0.1) is 16.4 Å². The van der Waals surface area contributed by atoms with E-state index in [0.717, 1.165) is 33.3 Å². The Morgan fingerprint density at radius 1 is 1.16 bits per heavy atom. The van der Waals surface area contributed by atoms with Gasteiger partial charge in [0.1, 0.15) is 10.8 Å². The van der Waals surface area contributed by atoms with Gasteiger partial charge in [-0.05, 0) is 47.2 Å². The highest BCUT2D eigenvalue weighted by Crippen LogP contribution is 2.23. The van der Waals surface area contributed by atoms with E-state index in [1.807, 2.05) is 60.8 Å². The Kier molecular flexibility index (Phi) is 7.13. The number of anilines is 1. The summed E-state index contributed by atoms with van der Waals surface area (Å²) < 4.78 is 6.95. The predicted octanol–water partition coefficient (Wildman–Crippen LogP) is 3.97. The molecule has 164 valence electrons. The summed E-state index contributed by atoms with van der Waals surface area (Å²) in [6, 6.07) is 15.5. The van der Waals surface area contributed by atoms with Gasteiger partial charge in [0.15, 0.2) is 0 Å². The molecular formula is C22H22N6O2S2. The zero-order chi connectivity index (χ0) is 22.3. The molecule has 2 aromatic carbocycles. The highest BCUT2D eigenvalue weighted by Gasteiger charge is 2.12. The lowest BCUT2D eigenvalue weighted by Gasteiger charge is -2.05. The average molecular weight is 467 g/mol. The molecule has 0 radical (unpaired) electrons. The number of carbonyl (C=O) groups excluding carboxylic acids is 1. The van der Waals surface area contributed by atoms with Gasteiger partial charge in [0.05, 0.1) is 25.8 Å². The Labute approximate surface area is 194 Å². The Balaban J connectivity index is 1.30. The highest BCUT2D eigenvalue weighted by atomic mass is 32.2. The number of thioether (sulfide) groups is 1. The molecule has 0 aliphatic carbocycles. The predicted molar refractivity (Wildman–Crippen MR) is 125 cm³/mol. The van der Waals surface area contributed by atoms with Crippen LogP contribution in [0.25, 0.3) is 0 Å². The van der Waals surface area contributed by atoms with Crippen molar-refractivity contribution in [2.45, 2.75) is 30.8 Å². The van der Waals surface area contributed by atoms with Crippen molar-refractivity contribution < 1.29 is 9.53 Å². The number of aryl methyl sites for hydroxylation is 1. The van der Waals surface area contributed by atoms with Crippen molar-refractivity contribution in [1.82, 2.24) is 25.2 Å². The molecule has 1 amide bonds. The minimum absolute atomic E-state index is 0.0779. The second-order valence-corrected chi connectivity index (χ2v) is 8.96. The first-order valence-electron chi connectivity index (χ1n) is 9.91. The van der Waals surface area contributed by atoms with Gasteiger partial charge >= 0.3 is 0 Å². The number of methoxy groups -OCH3 is 1. The van der Waals surface area contributed by atoms with E-state index in [2.05, 4.69) is 25.8 Å². The number of hydrogen-bond acceptors (Lipinski definition) is 8. The van der Waals surface area contributed by atoms with Crippen molar-refractivity contribution in [3.05, 3.63) is 75.7 Å². The summed E-state index contributed by atoms with van der Waals surface area (Å²) in [5, 5.41) is 18.4. The van der Waals surface area contributed by atoms with Crippen LogP contribution >= 0.6 is 23.1 Å². The Bertz CT molecular complexity index is 1170. The molecular weight excluding hydrogens is 444 g/mol. The molecule has 0 fully saturated rings. The number of rotatable bonds is 9. The fourth-order valence-electron chi connectivity index (χ4n) is 2.92. The van der Waals surface area contributed by atoms with Gasteiger partial charge in [0.25, 0.3) is 0 Å². The van der Waals surface area contributed by atoms with Crippen molar-refractivity contribution >= 4 is 34.7 Å². The van der Waals surface area contributed by atoms with Crippen LogP contribution in [0.3, 0.4) is 0 Å². The molecule has 10 heteroatoms. The fraction of sp³-hybridized carbons (Fsp3) is 0.227. The molecule has 0 saturated heterocycles. The van der Waals surface area contributed by atoms with Gasteiger partial charge in [0, 0.05) is 16.8 Å². The Hall–Kier alpha value is -3.24. The molecule has 0 saturated carbocycles. The maximum atomic E-state index is 12.3. The normalized spacial score (nSPS) is 10.8. The summed E-state index contributed by atoms with van der Waals surface area (Å²) in [7, 11) is 1.64. The topological polar surface area (TPSA) is 94.8 Å². The molecule has 0 unspecified atom stereocenters. The first kappa shape index (κ1) is 22.0. The van der Waals surface area contributed by atoms with Crippen LogP contribution in [0.4, 0.5) is 5.69 Å². The van der Waals surface area contributed by atoms with Gasteiger partial charge in [-0.3, -0.25) is 4.79 Å².